The van der Waals surface area contributed by atoms with E-state index in [0.29, 0.717) is 51.2 Å². The van der Waals surface area contributed by atoms with Gasteiger partial charge >= 0.3 is 12.0 Å². The lowest BCUT2D eigenvalue weighted by molar-refractivity contribution is -0.151. The van der Waals surface area contributed by atoms with E-state index in [-0.39, 0.29) is 23.8 Å². The zero-order valence-corrected chi connectivity index (χ0v) is 17.6. The Morgan fingerprint density at radius 1 is 1.11 bits per heavy atom. The monoisotopic (exact) mass is 451 g/mol. The average molecular weight is 452 g/mol. The summed E-state index contributed by atoms with van der Waals surface area (Å²) in [6.45, 7) is 3.80. The van der Waals surface area contributed by atoms with Gasteiger partial charge in [0.1, 0.15) is 6.04 Å². The number of hydrogen-bond acceptors (Lipinski definition) is 4. The van der Waals surface area contributed by atoms with Crippen molar-refractivity contribution in [3.63, 3.8) is 0 Å². The minimum Gasteiger partial charge on any atom is -0.466 e. The van der Waals surface area contributed by atoms with Gasteiger partial charge in [-0.25, -0.2) is 4.79 Å². The summed E-state index contributed by atoms with van der Waals surface area (Å²) in [5, 5.41) is 2.87. The zero-order chi connectivity index (χ0) is 20.1. The van der Waals surface area contributed by atoms with Crippen molar-refractivity contribution in [3.05, 3.63) is 28.7 Å². The number of hydrogen-bond donors (Lipinski definition) is 1. The summed E-state index contributed by atoms with van der Waals surface area (Å²) < 4.78 is 6.02. The van der Waals surface area contributed by atoms with Gasteiger partial charge in [-0.3, -0.25) is 9.59 Å². The minimum atomic E-state index is -0.436. The molecule has 0 saturated carbocycles. The van der Waals surface area contributed by atoms with E-state index < -0.39 is 6.04 Å². The molecule has 7 nitrogen and oxygen atoms in total. The maximum absolute atomic E-state index is 13.0. The highest BCUT2D eigenvalue weighted by Gasteiger charge is 2.38. The van der Waals surface area contributed by atoms with Crippen LogP contribution in [0.5, 0.6) is 0 Å². The van der Waals surface area contributed by atoms with E-state index in [9.17, 15) is 14.4 Å². The van der Waals surface area contributed by atoms with Crippen molar-refractivity contribution < 1.29 is 19.1 Å². The van der Waals surface area contributed by atoms with Gasteiger partial charge in [-0.2, -0.15) is 0 Å². The lowest BCUT2D eigenvalue weighted by atomic mass is 9.96. The first-order chi connectivity index (χ1) is 13.5. The van der Waals surface area contributed by atoms with Gasteiger partial charge in [0.15, 0.2) is 0 Å². The van der Waals surface area contributed by atoms with Gasteiger partial charge in [0.05, 0.1) is 12.5 Å². The number of likely N-dealkylation sites (tertiary alicyclic amines) is 2. The molecule has 0 spiro atoms. The van der Waals surface area contributed by atoms with Crippen molar-refractivity contribution >= 4 is 39.5 Å². The van der Waals surface area contributed by atoms with Crippen molar-refractivity contribution in [2.45, 2.75) is 38.6 Å². The van der Waals surface area contributed by atoms with Crippen LogP contribution in [0.1, 0.15) is 32.6 Å². The summed E-state index contributed by atoms with van der Waals surface area (Å²) >= 11 is 3.37. The van der Waals surface area contributed by atoms with Crippen LogP contribution in [0.15, 0.2) is 28.7 Å². The third-order valence-electron chi connectivity index (χ3n) is 5.32. The van der Waals surface area contributed by atoms with E-state index in [1.54, 1.807) is 16.7 Å². The highest BCUT2D eigenvalue weighted by molar-refractivity contribution is 9.10. The molecule has 2 aliphatic rings. The Morgan fingerprint density at radius 2 is 1.79 bits per heavy atom. The van der Waals surface area contributed by atoms with Crippen molar-refractivity contribution in [3.8, 4) is 0 Å². The maximum atomic E-state index is 13.0. The van der Waals surface area contributed by atoms with Gasteiger partial charge in [-0.1, -0.05) is 15.9 Å². The second-order valence-corrected chi connectivity index (χ2v) is 8.06. The maximum Gasteiger partial charge on any atom is 0.322 e. The standard InChI is InChI=1S/C20H26BrN3O4/c1-2-28-19(26)14-9-12-23(13-10-14)18(25)17-4-3-11-24(17)20(27)22-16-7-5-15(21)6-8-16/h5-8,14,17H,2-4,9-13H2,1H3,(H,22,27). The third kappa shape index (κ3) is 4.84. The van der Waals surface area contributed by atoms with Crippen LogP contribution in [-0.4, -0.2) is 60.0 Å². The highest BCUT2D eigenvalue weighted by atomic mass is 79.9. The fraction of sp³-hybridized carbons (Fsp3) is 0.550. The summed E-state index contributed by atoms with van der Waals surface area (Å²) in [6.07, 6.45) is 2.71. The first kappa shape index (κ1) is 20.6. The Balaban J connectivity index is 1.56. The molecule has 152 valence electrons. The van der Waals surface area contributed by atoms with Crippen LogP contribution in [-0.2, 0) is 14.3 Å². The molecule has 28 heavy (non-hydrogen) atoms. The molecule has 8 heteroatoms. The Hall–Kier alpha value is -2.09. The lowest BCUT2D eigenvalue weighted by Crippen LogP contribution is -2.51. The lowest BCUT2D eigenvalue weighted by Gasteiger charge is -2.34. The highest BCUT2D eigenvalue weighted by Crippen LogP contribution is 2.25. The molecule has 0 bridgehead atoms. The van der Waals surface area contributed by atoms with Crippen LogP contribution < -0.4 is 5.32 Å². The van der Waals surface area contributed by atoms with E-state index in [2.05, 4.69) is 21.2 Å². The number of carbonyl (C=O) groups excluding carboxylic acids is 3. The Bertz CT molecular complexity index is 717. The summed E-state index contributed by atoms with van der Waals surface area (Å²) in [6, 6.07) is 6.66. The van der Waals surface area contributed by atoms with E-state index >= 15 is 0 Å². The average Bonchev–Trinajstić information content (AvgIpc) is 3.19. The molecule has 0 radical (unpaired) electrons. The Labute approximate surface area is 173 Å². The molecule has 2 saturated heterocycles. The molecule has 2 aliphatic heterocycles. The fourth-order valence-electron chi connectivity index (χ4n) is 3.80. The molecule has 1 unspecified atom stereocenters. The SMILES string of the molecule is CCOC(=O)C1CCN(C(=O)C2CCCN2C(=O)Nc2ccc(Br)cc2)CC1. The Morgan fingerprint density at radius 3 is 2.43 bits per heavy atom. The number of benzene rings is 1. The summed E-state index contributed by atoms with van der Waals surface area (Å²) in [7, 11) is 0. The molecule has 3 rings (SSSR count). The van der Waals surface area contributed by atoms with Gasteiger partial charge in [0.2, 0.25) is 5.91 Å². The molecule has 3 amide bonds. The molecule has 2 fully saturated rings. The smallest absolute Gasteiger partial charge is 0.322 e. The van der Waals surface area contributed by atoms with Crippen LogP contribution in [0, 0.1) is 5.92 Å². The number of urea groups is 1. The summed E-state index contributed by atoms with van der Waals surface area (Å²) in [5.74, 6) is -0.332. The van der Waals surface area contributed by atoms with Crippen molar-refractivity contribution in [2.24, 2.45) is 5.92 Å². The van der Waals surface area contributed by atoms with Crippen LogP contribution in [0.3, 0.4) is 0 Å². The number of carbonyl (C=O) groups is 3. The summed E-state index contributed by atoms with van der Waals surface area (Å²) in [4.78, 5) is 41.0. The number of nitrogens with zero attached hydrogens (tertiary/aromatic N) is 2. The van der Waals surface area contributed by atoms with Crippen molar-refractivity contribution in [1.82, 2.24) is 9.80 Å². The van der Waals surface area contributed by atoms with E-state index in [0.717, 1.165) is 10.9 Å². The number of amides is 3. The quantitative estimate of drug-likeness (QED) is 0.712. The van der Waals surface area contributed by atoms with Crippen LogP contribution in [0.4, 0.5) is 10.5 Å². The number of ether oxygens (including phenoxy) is 1. The van der Waals surface area contributed by atoms with E-state index in [1.807, 2.05) is 24.3 Å². The first-order valence-electron chi connectivity index (χ1n) is 9.78. The number of esters is 1. The first-order valence-corrected chi connectivity index (χ1v) is 10.6. The number of rotatable bonds is 4. The molecular weight excluding hydrogens is 426 g/mol. The van der Waals surface area contributed by atoms with Crippen LogP contribution in [0.2, 0.25) is 0 Å². The number of nitrogens with one attached hydrogen (secondary N) is 1. The topological polar surface area (TPSA) is 79.0 Å². The Kier molecular flexibility index (Phi) is 6.93. The van der Waals surface area contributed by atoms with Crippen LogP contribution in [0.25, 0.3) is 0 Å². The molecule has 0 aromatic heterocycles. The molecule has 1 atom stereocenters. The molecule has 0 aliphatic carbocycles. The van der Waals surface area contributed by atoms with Crippen molar-refractivity contribution in [2.75, 3.05) is 31.6 Å². The zero-order valence-electron chi connectivity index (χ0n) is 16.0. The molecule has 2 heterocycles. The number of anilines is 1. The van der Waals surface area contributed by atoms with Crippen LogP contribution >= 0.6 is 15.9 Å². The molecular formula is C20H26BrN3O4. The van der Waals surface area contributed by atoms with E-state index in [4.69, 9.17) is 4.74 Å². The largest absolute Gasteiger partial charge is 0.466 e. The van der Waals surface area contributed by atoms with Gasteiger partial charge in [0, 0.05) is 29.8 Å². The normalized spacial score (nSPS) is 20.1. The number of halogens is 1. The summed E-state index contributed by atoms with van der Waals surface area (Å²) in [5.41, 5.74) is 0.696. The van der Waals surface area contributed by atoms with Gasteiger partial charge in [-0.15, -0.1) is 0 Å². The molecule has 1 aromatic rings. The van der Waals surface area contributed by atoms with Gasteiger partial charge in [0.25, 0.3) is 0 Å². The van der Waals surface area contributed by atoms with E-state index in [1.165, 1.54) is 0 Å². The predicted molar refractivity (Wildman–Crippen MR) is 109 cm³/mol. The third-order valence-corrected chi connectivity index (χ3v) is 5.85. The molecule has 1 N–H and O–H groups in total. The van der Waals surface area contributed by atoms with Crippen molar-refractivity contribution in [1.29, 1.82) is 0 Å². The predicted octanol–water partition coefficient (Wildman–Crippen LogP) is 3.25. The van der Waals surface area contributed by atoms with Gasteiger partial charge in [-0.05, 0) is 56.9 Å². The fourth-order valence-corrected chi connectivity index (χ4v) is 4.07. The molecule has 1 aromatic carbocycles. The second kappa shape index (κ2) is 9.41. The minimum absolute atomic E-state index is 0.0224. The second-order valence-electron chi connectivity index (χ2n) is 7.14. The number of piperidine rings is 1. The van der Waals surface area contributed by atoms with Gasteiger partial charge < -0.3 is 19.9 Å².